The topological polar surface area (TPSA) is 61.5 Å². The largest absolute Gasteiger partial charge is 0.488 e. The number of hydrogen-bond acceptors (Lipinski definition) is 5. The number of benzene rings is 2. The Labute approximate surface area is 200 Å². The molecule has 2 N–H and O–H groups in total. The third kappa shape index (κ3) is 5.21. The monoisotopic (exact) mass is 509 g/mol. The van der Waals surface area contributed by atoms with Gasteiger partial charge in [-0.1, -0.05) is 71.4 Å². The summed E-state index contributed by atoms with van der Waals surface area (Å²) in [7, 11) is 0. The normalized spacial score (nSPS) is 17.7. The van der Waals surface area contributed by atoms with Gasteiger partial charge in [0.05, 0.1) is 6.42 Å². The Morgan fingerprint density at radius 3 is 2.69 bits per heavy atom. The Balaban J connectivity index is 1.61. The Kier molecular flexibility index (Phi) is 7.25. The number of carbonyl (C=O) groups is 1. The van der Waals surface area contributed by atoms with E-state index in [4.69, 9.17) is 10.6 Å². The summed E-state index contributed by atoms with van der Waals surface area (Å²) in [4.78, 5) is 17.1. The van der Waals surface area contributed by atoms with Crippen LogP contribution in [0.1, 0.15) is 23.8 Å². The van der Waals surface area contributed by atoms with E-state index in [-0.39, 0.29) is 18.3 Å². The van der Waals surface area contributed by atoms with Crippen molar-refractivity contribution in [2.45, 2.75) is 20.0 Å². The molecule has 0 bridgehead atoms. The lowest BCUT2D eigenvalue weighted by Crippen LogP contribution is -2.19. The van der Waals surface area contributed by atoms with E-state index < -0.39 is 5.97 Å². The molecule has 164 valence electrons. The summed E-state index contributed by atoms with van der Waals surface area (Å²) in [6, 6.07) is 18.4. The van der Waals surface area contributed by atoms with Crippen LogP contribution in [0.3, 0.4) is 0 Å². The van der Waals surface area contributed by atoms with Gasteiger partial charge in [-0.3, -0.25) is 4.79 Å². The van der Waals surface area contributed by atoms with Gasteiger partial charge in [-0.05, 0) is 52.6 Å². The van der Waals surface area contributed by atoms with E-state index in [1.807, 2.05) is 30.3 Å². The van der Waals surface area contributed by atoms with E-state index in [1.165, 1.54) is 4.88 Å². The average molecular weight is 510 g/mol. The van der Waals surface area contributed by atoms with Crippen LogP contribution < -0.4 is 10.6 Å². The Hall–Kier alpha value is -2.67. The Morgan fingerprint density at radius 1 is 1.12 bits per heavy atom. The zero-order chi connectivity index (χ0) is 22.5. The third-order valence-electron chi connectivity index (χ3n) is 5.57. The van der Waals surface area contributed by atoms with Crippen molar-refractivity contribution in [3.63, 3.8) is 0 Å². The predicted octanol–water partition coefficient (Wildman–Crippen LogP) is 6.77. The number of halogens is 1. The van der Waals surface area contributed by atoms with Crippen LogP contribution >= 0.6 is 27.3 Å². The molecule has 1 aliphatic carbocycles. The van der Waals surface area contributed by atoms with Gasteiger partial charge >= 0.3 is 5.97 Å². The fraction of sp³-hybridized carbons (Fsp3) is 0.192. The van der Waals surface area contributed by atoms with E-state index >= 15 is 0 Å². The quantitative estimate of drug-likeness (QED) is 0.357. The minimum atomic E-state index is -0.394. The van der Waals surface area contributed by atoms with Crippen LogP contribution in [0.25, 0.3) is 16.7 Å². The van der Waals surface area contributed by atoms with E-state index in [0.29, 0.717) is 6.61 Å². The van der Waals surface area contributed by atoms with E-state index in [0.717, 1.165) is 32.5 Å². The van der Waals surface area contributed by atoms with Crippen molar-refractivity contribution < 1.29 is 14.4 Å². The Bertz CT molecular complexity index is 1150. The lowest BCUT2D eigenvalue weighted by atomic mass is 9.84. The molecule has 1 aromatic heterocycles. The fourth-order valence-electron chi connectivity index (χ4n) is 3.83. The number of nitrogens with two attached hydrogens (primary N) is 1. The molecule has 4 rings (SSSR count). The van der Waals surface area contributed by atoms with Crippen molar-refractivity contribution in [1.82, 2.24) is 0 Å². The SMILES string of the molecule is CC1C=C(c2sccc2-c2cc(Br)ccc2OCc2ccccc2)C=CC1CC(=O)ON. The van der Waals surface area contributed by atoms with Gasteiger partial charge < -0.3 is 9.57 Å². The van der Waals surface area contributed by atoms with E-state index in [1.54, 1.807) is 11.3 Å². The zero-order valence-corrected chi connectivity index (χ0v) is 20.1. The number of rotatable bonds is 7. The van der Waals surface area contributed by atoms with Gasteiger partial charge in [0.25, 0.3) is 0 Å². The minimum Gasteiger partial charge on any atom is -0.488 e. The molecular weight excluding hydrogens is 486 g/mol. The first-order valence-corrected chi connectivity index (χ1v) is 12.1. The summed E-state index contributed by atoms with van der Waals surface area (Å²) in [6.45, 7) is 2.62. The highest BCUT2D eigenvalue weighted by Gasteiger charge is 2.23. The lowest BCUT2D eigenvalue weighted by molar-refractivity contribution is -0.145. The second-order valence-corrected chi connectivity index (χ2v) is 9.61. The number of thiophene rings is 1. The van der Waals surface area contributed by atoms with Gasteiger partial charge in [0.15, 0.2) is 0 Å². The van der Waals surface area contributed by atoms with Gasteiger partial charge in [0, 0.05) is 20.5 Å². The maximum Gasteiger partial charge on any atom is 0.325 e. The average Bonchev–Trinajstić information content (AvgIpc) is 3.30. The summed E-state index contributed by atoms with van der Waals surface area (Å²) >= 11 is 5.31. The van der Waals surface area contributed by atoms with Crippen LogP contribution in [-0.4, -0.2) is 5.97 Å². The van der Waals surface area contributed by atoms with Crippen molar-refractivity contribution in [3.05, 3.63) is 93.1 Å². The smallest absolute Gasteiger partial charge is 0.325 e. The third-order valence-corrected chi connectivity index (χ3v) is 7.03. The van der Waals surface area contributed by atoms with Crippen LogP contribution in [-0.2, 0) is 16.2 Å². The molecule has 0 spiro atoms. The van der Waals surface area contributed by atoms with Gasteiger partial charge in [0.1, 0.15) is 12.4 Å². The van der Waals surface area contributed by atoms with Gasteiger partial charge in [-0.25, -0.2) is 0 Å². The number of carbonyl (C=O) groups excluding carboxylic acids is 1. The molecule has 0 amide bonds. The second kappa shape index (κ2) is 10.3. The van der Waals surface area contributed by atoms with Crippen LogP contribution in [0.5, 0.6) is 5.75 Å². The summed E-state index contributed by atoms with van der Waals surface area (Å²) in [5.41, 5.74) is 4.44. The first-order valence-electron chi connectivity index (χ1n) is 10.4. The first-order chi connectivity index (χ1) is 15.5. The molecule has 2 aromatic carbocycles. The molecule has 32 heavy (non-hydrogen) atoms. The molecule has 1 heterocycles. The summed E-state index contributed by atoms with van der Waals surface area (Å²) in [5.74, 6) is 5.73. The second-order valence-electron chi connectivity index (χ2n) is 7.78. The van der Waals surface area contributed by atoms with Crippen LogP contribution in [0.15, 0.2) is 82.7 Å². The minimum absolute atomic E-state index is 0.0776. The van der Waals surface area contributed by atoms with Crippen LogP contribution in [0, 0.1) is 11.8 Å². The Morgan fingerprint density at radius 2 is 1.94 bits per heavy atom. The van der Waals surface area contributed by atoms with Crippen molar-refractivity contribution in [2.75, 3.05) is 0 Å². The molecule has 0 fully saturated rings. The zero-order valence-electron chi connectivity index (χ0n) is 17.7. The molecule has 3 aromatic rings. The first kappa shape index (κ1) is 22.5. The van der Waals surface area contributed by atoms with Crippen molar-refractivity contribution in [3.8, 4) is 16.9 Å². The van der Waals surface area contributed by atoms with Crippen molar-refractivity contribution >= 4 is 38.8 Å². The van der Waals surface area contributed by atoms with Crippen LogP contribution in [0.4, 0.5) is 0 Å². The molecular formula is C26H24BrNO3S. The molecule has 2 atom stereocenters. The number of allylic oxidation sites excluding steroid dienone is 4. The highest BCUT2D eigenvalue weighted by atomic mass is 79.9. The van der Waals surface area contributed by atoms with E-state index in [9.17, 15) is 4.79 Å². The van der Waals surface area contributed by atoms with E-state index in [2.05, 4.69) is 75.6 Å². The number of ether oxygens (including phenoxy) is 1. The van der Waals surface area contributed by atoms with Gasteiger partial charge in [0.2, 0.25) is 0 Å². The summed E-state index contributed by atoms with van der Waals surface area (Å²) in [5, 5.41) is 2.10. The molecule has 0 saturated heterocycles. The standard InChI is InChI=1S/C26H24BrNO3S/c1-17-13-20(8-7-19(17)14-25(29)31-28)26-22(11-12-32-26)23-15-21(27)9-10-24(23)30-16-18-5-3-2-4-6-18/h2-13,15,17,19H,14,16,28H2,1H3. The summed E-state index contributed by atoms with van der Waals surface area (Å²) in [6.07, 6.45) is 6.66. The highest BCUT2D eigenvalue weighted by molar-refractivity contribution is 9.10. The maximum atomic E-state index is 11.6. The van der Waals surface area contributed by atoms with Crippen LogP contribution in [0.2, 0.25) is 0 Å². The molecule has 2 unspecified atom stereocenters. The molecule has 0 radical (unpaired) electrons. The molecule has 0 aliphatic heterocycles. The van der Waals surface area contributed by atoms with Crippen molar-refractivity contribution in [2.24, 2.45) is 17.7 Å². The number of hydrogen-bond donors (Lipinski definition) is 1. The van der Waals surface area contributed by atoms with Crippen molar-refractivity contribution in [1.29, 1.82) is 0 Å². The molecule has 1 aliphatic rings. The van der Waals surface area contributed by atoms with Gasteiger partial charge in [-0.15, -0.1) is 11.3 Å². The molecule has 6 heteroatoms. The maximum absolute atomic E-state index is 11.6. The lowest BCUT2D eigenvalue weighted by Gasteiger charge is -2.22. The molecule has 4 nitrogen and oxygen atoms in total. The van der Waals surface area contributed by atoms with Gasteiger partial charge in [-0.2, -0.15) is 5.90 Å². The summed E-state index contributed by atoms with van der Waals surface area (Å²) < 4.78 is 7.22. The predicted molar refractivity (Wildman–Crippen MR) is 133 cm³/mol. The fourth-order valence-corrected chi connectivity index (χ4v) is 5.11. The highest BCUT2D eigenvalue weighted by Crippen LogP contribution is 2.42. The molecule has 0 saturated carbocycles.